The molecule has 0 spiro atoms. The van der Waals surface area contributed by atoms with Crippen molar-refractivity contribution in [2.24, 2.45) is 0 Å². The van der Waals surface area contributed by atoms with Crippen molar-refractivity contribution in [1.82, 2.24) is 9.80 Å². The summed E-state index contributed by atoms with van der Waals surface area (Å²) in [6, 6.07) is 0. The molecule has 2 N–H and O–H groups in total. The third-order valence-corrected chi connectivity index (χ3v) is 2.00. The molecule has 0 amide bonds. The fourth-order valence-corrected chi connectivity index (χ4v) is 1.15. The fraction of sp³-hybridized carbons (Fsp3) is 1.00. The van der Waals surface area contributed by atoms with Crippen molar-refractivity contribution in [2.75, 3.05) is 40.0 Å². The van der Waals surface area contributed by atoms with E-state index in [0.717, 1.165) is 26.2 Å². The molecular formula is C6H16BKN2O3. The Bertz CT molecular complexity index is 133. The summed E-state index contributed by atoms with van der Waals surface area (Å²) in [6.07, 6.45) is 0. The third kappa shape index (κ3) is 6.56. The Labute approximate surface area is 122 Å². The number of nitrogens with zero attached hydrogens (tertiary/aromatic N) is 2. The van der Waals surface area contributed by atoms with Crippen molar-refractivity contribution < 1.29 is 14.7 Å². The number of hydrogen-bond donors (Lipinski definition) is 2. The van der Waals surface area contributed by atoms with E-state index in [-0.39, 0.29) is 51.4 Å². The molecule has 13 heavy (non-hydrogen) atoms. The van der Waals surface area contributed by atoms with Crippen LogP contribution in [0.1, 0.15) is 0 Å². The first-order chi connectivity index (χ1) is 5.68. The molecule has 0 atom stereocenters. The molecule has 7 heteroatoms. The standard InChI is InChI=1S/C6H15BN2O3.K.H/c1-8-2-4-9(5-3-8)6-12-7(10)11;;/h10-11H,2-6H2,1H3;;. The SMILES string of the molecule is CN1CCN(COB(O)O)CC1.[KH]. The van der Waals surface area contributed by atoms with Gasteiger partial charge in [0.2, 0.25) is 0 Å². The van der Waals surface area contributed by atoms with Crippen molar-refractivity contribution in [1.29, 1.82) is 0 Å². The molecule has 5 nitrogen and oxygen atoms in total. The predicted molar refractivity (Wildman–Crippen MR) is 52.4 cm³/mol. The van der Waals surface area contributed by atoms with E-state index in [1.54, 1.807) is 0 Å². The van der Waals surface area contributed by atoms with Crippen LogP contribution < -0.4 is 0 Å². The van der Waals surface area contributed by atoms with Crippen LogP contribution in [0.5, 0.6) is 0 Å². The van der Waals surface area contributed by atoms with Crippen molar-refractivity contribution in [3.8, 4) is 0 Å². The van der Waals surface area contributed by atoms with Crippen molar-refractivity contribution in [2.45, 2.75) is 0 Å². The zero-order valence-electron chi connectivity index (χ0n) is 7.31. The molecule has 1 aliphatic heterocycles. The molecule has 0 saturated carbocycles. The van der Waals surface area contributed by atoms with Crippen LogP contribution in [0.4, 0.5) is 0 Å². The van der Waals surface area contributed by atoms with E-state index in [0.29, 0.717) is 6.73 Å². The number of likely N-dealkylation sites (N-methyl/N-ethyl adjacent to an activating group) is 1. The van der Waals surface area contributed by atoms with Crippen LogP contribution in [0.3, 0.4) is 0 Å². The van der Waals surface area contributed by atoms with Gasteiger partial charge in [-0.15, -0.1) is 0 Å². The zero-order valence-corrected chi connectivity index (χ0v) is 7.31. The topological polar surface area (TPSA) is 56.2 Å². The van der Waals surface area contributed by atoms with E-state index in [1.165, 1.54) is 0 Å². The second-order valence-electron chi connectivity index (χ2n) is 3.04. The summed E-state index contributed by atoms with van der Waals surface area (Å²) >= 11 is 0. The van der Waals surface area contributed by atoms with Crippen LogP contribution in [0.2, 0.25) is 0 Å². The zero-order chi connectivity index (χ0) is 8.97. The molecule has 1 heterocycles. The van der Waals surface area contributed by atoms with Crippen LogP contribution in [0, 0.1) is 0 Å². The molecule has 1 saturated heterocycles. The summed E-state index contributed by atoms with van der Waals surface area (Å²) < 4.78 is 4.64. The number of hydrogen-bond acceptors (Lipinski definition) is 5. The molecule has 0 aromatic carbocycles. The summed E-state index contributed by atoms with van der Waals surface area (Å²) in [7, 11) is 0.420. The fourth-order valence-electron chi connectivity index (χ4n) is 1.15. The van der Waals surface area contributed by atoms with Gasteiger partial charge in [-0.25, -0.2) is 0 Å². The third-order valence-electron chi connectivity index (χ3n) is 2.00. The van der Waals surface area contributed by atoms with E-state index < -0.39 is 7.32 Å². The Kier molecular flexibility index (Phi) is 8.64. The maximum absolute atomic E-state index is 8.43. The summed E-state index contributed by atoms with van der Waals surface area (Å²) in [5, 5.41) is 16.9. The molecule has 0 bridgehead atoms. The van der Waals surface area contributed by atoms with Gasteiger partial charge >= 0.3 is 58.7 Å². The van der Waals surface area contributed by atoms with Crippen molar-refractivity contribution in [3.63, 3.8) is 0 Å². The van der Waals surface area contributed by atoms with Gasteiger partial charge in [0.05, 0.1) is 6.73 Å². The maximum atomic E-state index is 8.43. The average Bonchev–Trinajstić information content (AvgIpc) is 2.03. The van der Waals surface area contributed by atoms with Crippen LogP contribution in [0.15, 0.2) is 0 Å². The van der Waals surface area contributed by atoms with Crippen LogP contribution in [-0.4, -0.2) is 119 Å². The van der Waals surface area contributed by atoms with E-state index >= 15 is 0 Å². The summed E-state index contributed by atoms with van der Waals surface area (Å²) in [6.45, 7) is 4.15. The summed E-state index contributed by atoms with van der Waals surface area (Å²) in [4.78, 5) is 4.27. The van der Waals surface area contributed by atoms with E-state index in [1.807, 2.05) is 4.90 Å². The molecule has 0 unspecified atom stereocenters. The number of piperazine rings is 1. The molecule has 0 aromatic rings. The Morgan fingerprint density at radius 1 is 1.23 bits per heavy atom. The first kappa shape index (κ1) is 14.5. The quantitative estimate of drug-likeness (QED) is 0.510. The summed E-state index contributed by atoms with van der Waals surface area (Å²) in [5.74, 6) is 0. The molecule has 0 radical (unpaired) electrons. The van der Waals surface area contributed by atoms with Crippen LogP contribution in [0.25, 0.3) is 0 Å². The Balaban J connectivity index is 0.00000144. The minimum atomic E-state index is -1.65. The van der Waals surface area contributed by atoms with Gasteiger partial charge in [0.1, 0.15) is 0 Å². The van der Waals surface area contributed by atoms with Gasteiger partial charge < -0.3 is 19.6 Å². The molecule has 1 rings (SSSR count). The molecule has 72 valence electrons. The Morgan fingerprint density at radius 2 is 1.77 bits per heavy atom. The monoisotopic (exact) mass is 214 g/mol. The summed E-state index contributed by atoms with van der Waals surface area (Å²) in [5.41, 5.74) is 0. The Hall–Kier alpha value is 1.50. The first-order valence-electron chi connectivity index (χ1n) is 4.07. The molecule has 1 aliphatic rings. The van der Waals surface area contributed by atoms with Crippen molar-refractivity contribution in [3.05, 3.63) is 0 Å². The second kappa shape index (κ2) is 7.75. The Morgan fingerprint density at radius 3 is 2.23 bits per heavy atom. The molecule has 1 fully saturated rings. The van der Waals surface area contributed by atoms with Gasteiger partial charge in [0, 0.05) is 26.2 Å². The predicted octanol–water partition coefficient (Wildman–Crippen LogP) is -2.47. The van der Waals surface area contributed by atoms with Gasteiger partial charge in [0.25, 0.3) is 0 Å². The number of rotatable bonds is 3. The van der Waals surface area contributed by atoms with Crippen LogP contribution >= 0.6 is 0 Å². The first-order valence-corrected chi connectivity index (χ1v) is 4.07. The van der Waals surface area contributed by atoms with Gasteiger partial charge in [0.15, 0.2) is 0 Å². The average molecular weight is 214 g/mol. The van der Waals surface area contributed by atoms with Gasteiger partial charge in [-0.3, -0.25) is 4.90 Å². The second-order valence-corrected chi connectivity index (χ2v) is 3.04. The molecular weight excluding hydrogens is 198 g/mol. The molecule has 0 aromatic heterocycles. The van der Waals surface area contributed by atoms with E-state index in [9.17, 15) is 0 Å². The van der Waals surface area contributed by atoms with Gasteiger partial charge in [-0.1, -0.05) is 0 Å². The van der Waals surface area contributed by atoms with Crippen molar-refractivity contribution >= 4 is 58.7 Å². The normalized spacial score (nSPS) is 19.6. The van der Waals surface area contributed by atoms with Crippen LogP contribution in [-0.2, 0) is 4.65 Å². The molecule has 0 aliphatic carbocycles. The van der Waals surface area contributed by atoms with E-state index in [2.05, 4.69) is 16.6 Å². The van der Waals surface area contributed by atoms with Gasteiger partial charge in [-0.05, 0) is 7.05 Å². The minimum absolute atomic E-state index is 0. The van der Waals surface area contributed by atoms with Gasteiger partial charge in [-0.2, -0.15) is 0 Å². The van der Waals surface area contributed by atoms with E-state index in [4.69, 9.17) is 10.0 Å².